The first-order valence-electron chi connectivity index (χ1n) is 6.28. The Morgan fingerprint density at radius 1 is 1.20 bits per heavy atom. The largest absolute Gasteiger partial charge is 0.281 e. The van der Waals surface area contributed by atoms with E-state index >= 15 is 0 Å². The van der Waals surface area contributed by atoms with Gasteiger partial charge in [-0.25, -0.2) is 13.1 Å². The van der Waals surface area contributed by atoms with E-state index in [1.807, 2.05) is 12.1 Å². The Bertz CT molecular complexity index is 641. The highest BCUT2D eigenvalue weighted by Gasteiger charge is 2.13. The Hall–Kier alpha value is -1.53. The second-order valence-corrected chi connectivity index (χ2v) is 6.50. The van der Waals surface area contributed by atoms with Crippen molar-refractivity contribution in [3.05, 3.63) is 42.7 Å². The lowest BCUT2D eigenvalue weighted by atomic mass is 10.3. The van der Waals surface area contributed by atoms with E-state index < -0.39 is 10.0 Å². The molecular weight excluding hydrogens is 298 g/mol. The minimum atomic E-state index is -3.37. The van der Waals surface area contributed by atoms with Gasteiger partial charge in [-0.2, -0.15) is 5.10 Å². The molecule has 1 aromatic heterocycles. The van der Waals surface area contributed by atoms with Gasteiger partial charge in [-0.1, -0.05) is 12.1 Å². The van der Waals surface area contributed by atoms with Crippen LogP contribution in [0.25, 0.3) is 5.69 Å². The van der Waals surface area contributed by atoms with Crippen LogP contribution in [0.2, 0.25) is 0 Å². The first kappa shape index (κ1) is 14.9. The zero-order valence-electron chi connectivity index (χ0n) is 10.9. The van der Waals surface area contributed by atoms with Crippen molar-refractivity contribution in [2.45, 2.75) is 12.8 Å². The Morgan fingerprint density at radius 2 is 2.00 bits per heavy atom. The molecule has 20 heavy (non-hydrogen) atoms. The number of sulfonamides is 1. The van der Waals surface area contributed by atoms with Crippen LogP contribution in [0.3, 0.4) is 0 Å². The number of unbranched alkanes of at least 4 members (excludes halogenated alkanes) is 1. The van der Waals surface area contributed by atoms with Crippen molar-refractivity contribution in [2.75, 3.05) is 16.4 Å². The lowest BCUT2D eigenvalue weighted by molar-refractivity contribution is 0.598. The number of para-hydroxylation sites is 2. The smallest absolute Gasteiger partial charge is 0.232 e. The standard InChI is InChI=1S/C13H16ClN3O2S/c14-8-3-4-11-20(18,19)16-12-6-1-2-7-13(12)17-10-5-9-15-17/h1-2,5-7,9-10,16H,3-4,8,11H2. The van der Waals surface area contributed by atoms with Gasteiger partial charge in [0, 0.05) is 18.3 Å². The molecule has 0 amide bonds. The van der Waals surface area contributed by atoms with Gasteiger partial charge in [0.1, 0.15) is 0 Å². The average Bonchev–Trinajstić information content (AvgIpc) is 2.93. The van der Waals surface area contributed by atoms with Crippen molar-refractivity contribution >= 4 is 27.3 Å². The van der Waals surface area contributed by atoms with Crippen LogP contribution in [-0.2, 0) is 10.0 Å². The molecule has 1 heterocycles. The molecule has 0 aliphatic rings. The molecule has 0 bridgehead atoms. The second-order valence-electron chi connectivity index (χ2n) is 4.28. The second kappa shape index (κ2) is 6.76. The monoisotopic (exact) mass is 313 g/mol. The van der Waals surface area contributed by atoms with Crippen LogP contribution in [-0.4, -0.2) is 29.8 Å². The SMILES string of the molecule is O=S(=O)(CCCCCl)Nc1ccccc1-n1cccn1. The maximum atomic E-state index is 12.0. The summed E-state index contributed by atoms with van der Waals surface area (Å²) in [6, 6.07) is 8.93. The van der Waals surface area contributed by atoms with Gasteiger partial charge in [0.15, 0.2) is 0 Å². The zero-order valence-corrected chi connectivity index (χ0v) is 12.4. The Balaban J connectivity index is 2.18. The Morgan fingerprint density at radius 3 is 2.70 bits per heavy atom. The highest BCUT2D eigenvalue weighted by Crippen LogP contribution is 2.20. The lowest BCUT2D eigenvalue weighted by Gasteiger charge is -2.12. The molecule has 0 aliphatic heterocycles. The lowest BCUT2D eigenvalue weighted by Crippen LogP contribution is -2.18. The fourth-order valence-electron chi connectivity index (χ4n) is 1.78. The van der Waals surface area contributed by atoms with Crippen LogP contribution in [0.15, 0.2) is 42.7 Å². The average molecular weight is 314 g/mol. The molecule has 0 spiro atoms. The number of anilines is 1. The fourth-order valence-corrected chi connectivity index (χ4v) is 3.16. The molecule has 1 N–H and O–H groups in total. The van der Waals surface area contributed by atoms with Crippen molar-refractivity contribution in [2.24, 2.45) is 0 Å². The number of halogens is 1. The van der Waals surface area contributed by atoms with Crippen LogP contribution < -0.4 is 4.72 Å². The minimum absolute atomic E-state index is 0.0627. The molecule has 0 radical (unpaired) electrons. The molecule has 0 unspecified atom stereocenters. The van der Waals surface area contributed by atoms with Crippen molar-refractivity contribution in [3.63, 3.8) is 0 Å². The van der Waals surface area contributed by atoms with Crippen LogP contribution in [0.1, 0.15) is 12.8 Å². The Kier molecular flexibility index (Phi) is 5.03. The van der Waals surface area contributed by atoms with Gasteiger partial charge in [-0.3, -0.25) is 4.72 Å². The quantitative estimate of drug-likeness (QED) is 0.631. The van der Waals surface area contributed by atoms with E-state index in [0.29, 0.717) is 30.1 Å². The summed E-state index contributed by atoms with van der Waals surface area (Å²) in [6.07, 6.45) is 4.64. The molecular formula is C13H16ClN3O2S. The summed E-state index contributed by atoms with van der Waals surface area (Å²) >= 11 is 5.56. The van der Waals surface area contributed by atoms with Crippen molar-refractivity contribution in [1.29, 1.82) is 0 Å². The van der Waals surface area contributed by atoms with E-state index in [1.54, 1.807) is 35.3 Å². The molecule has 0 fully saturated rings. The molecule has 0 aliphatic carbocycles. The van der Waals surface area contributed by atoms with E-state index in [2.05, 4.69) is 9.82 Å². The van der Waals surface area contributed by atoms with Crippen LogP contribution in [0.4, 0.5) is 5.69 Å². The maximum Gasteiger partial charge on any atom is 0.232 e. The number of hydrogen-bond acceptors (Lipinski definition) is 3. The molecule has 108 valence electrons. The predicted octanol–water partition coefficient (Wildman–Crippen LogP) is 2.63. The first-order valence-corrected chi connectivity index (χ1v) is 8.46. The molecule has 0 saturated carbocycles. The van der Waals surface area contributed by atoms with E-state index in [-0.39, 0.29) is 5.75 Å². The molecule has 7 heteroatoms. The zero-order chi connectivity index (χ0) is 14.4. The number of rotatable bonds is 7. The summed E-state index contributed by atoms with van der Waals surface area (Å²) < 4.78 is 28.2. The summed E-state index contributed by atoms with van der Waals surface area (Å²) in [5, 5.41) is 4.12. The molecule has 2 aromatic rings. The number of aromatic nitrogens is 2. The number of hydrogen-bond donors (Lipinski definition) is 1. The highest BCUT2D eigenvalue weighted by atomic mass is 35.5. The summed E-state index contributed by atoms with van der Waals surface area (Å²) in [5.74, 6) is 0.534. The summed E-state index contributed by atoms with van der Waals surface area (Å²) in [7, 11) is -3.37. The predicted molar refractivity (Wildman–Crippen MR) is 80.9 cm³/mol. The molecule has 0 saturated heterocycles. The maximum absolute atomic E-state index is 12.0. The van der Waals surface area contributed by atoms with Crippen LogP contribution >= 0.6 is 11.6 Å². The van der Waals surface area contributed by atoms with Gasteiger partial charge < -0.3 is 0 Å². The van der Waals surface area contributed by atoms with E-state index in [0.717, 1.165) is 0 Å². The fraction of sp³-hybridized carbons (Fsp3) is 0.308. The summed E-state index contributed by atoms with van der Waals surface area (Å²) in [6.45, 7) is 0. The number of alkyl halides is 1. The van der Waals surface area contributed by atoms with Gasteiger partial charge in [0.25, 0.3) is 0 Å². The molecule has 5 nitrogen and oxygen atoms in total. The van der Waals surface area contributed by atoms with Gasteiger partial charge in [-0.05, 0) is 31.0 Å². The van der Waals surface area contributed by atoms with E-state index in [9.17, 15) is 8.42 Å². The number of benzene rings is 1. The van der Waals surface area contributed by atoms with Crippen molar-refractivity contribution in [1.82, 2.24) is 9.78 Å². The van der Waals surface area contributed by atoms with Crippen LogP contribution in [0.5, 0.6) is 0 Å². The van der Waals surface area contributed by atoms with Crippen LogP contribution in [0, 0.1) is 0 Å². The van der Waals surface area contributed by atoms with E-state index in [4.69, 9.17) is 11.6 Å². The van der Waals surface area contributed by atoms with Gasteiger partial charge >= 0.3 is 0 Å². The number of nitrogens with zero attached hydrogens (tertiary/aromatic N) is 2. The number of nitrogens with one attached hydrogen (secondary N) is 1. The van der Waals surface area contributed by atoms with Gasteiger partial charge in [0.2, 0.25) is 10.0 Å². The van der Waals surface area contributed by atoms with E-state index in [1.165, 1.54) is 0 Å². The van der Waals surface area contributed by atoms with Crippen molar-refractivity contribution < 1.29 is 8.42 Å². The summed E-state index contributed by atoms with van der Waals surface area (Å²) in [4.78, 5) is 0. The third-order valence-corrected chi connectivity index (χ3v) is 4.34. The van der Waals surface area contributed by atoms with Crippen molar-refractivity contribution in [3.8, 4) is 5.69 Å². The molecule has 0 atom stereocenters. The topological polar surface area (TPSA) is 64.0 Å². The van der Waals surface area contributed by atoms with Gasteiger partial charge in [-0.15, -0.1) is 11.6 Å². The molecule has 2 rings (SSSR count). The third kappa shape index (κ3) is 3.98. The Labute approximate surface area is 123 Å². The minimum Gasteiger partial charge on any atom is -0.281 e. The van der Waals surface area contributed by atoms with Gasteiger partial charge in [0.05, 0.1) is 17.1 Å². The first-order chi connectivity index (χ1) is 9.62. The molecule has 1 aromatic carbocycles. The summed E-state index contributed by atoms with van der Waals surface area (Å²) in [5.41, 5.74) is 1.21. The normalized spacial score (nSPS) is 11.4. The highest BCUT2D eigenvalue weighted by molar-refractivity contribution is 7.92. The third-order valence-electron chi connectivity index (χ3n) is 2.72.